The fraction of sp³-hybridized carbons (Fsp3) is 0.250. The molecule has 1 heterocycles. The Morgan fingerprint density at radius 2 is 1.93 bits per heavy atom. The van der Waals surface area contributed by atoms with Crippen LogP contribution < -0.4 is 0 Å². The van der Waals surface area contributed by atoms with Gasteiger partial charge in [0.1, 0.15) is 6.10 Å². The van der Waals surface area contributed by atoms with Crippen LogP contribution >= 0.6 is 0 Å². The molecule has 1 unspecified atom stereocenters. The SMILES string of the molecule is C=C1C(=O)O[C@@H](c2ccccc2)C1C. The molecule has 1 fully saturated rings. The summed E-state index contributed by atoms with van der Waals surface area (Å²) in [5, 5.41) is 0. The molecule has 1 aromatic carbocycles. The highest BCUT2D eigenvalue weighted by Crippen LogP contribution is 2.37. The van der Waals surface area contributed by atoms with Crippen LogP contribution in [-0.2, 0) is 9.53 Å². The van der Waals surface area contributed by atoms with Crippen LogP contribution in [0.4, 0.5) is 0 Å². The molecule has 1 aromatic rings. The van der Waals surface area contributed by atoms with E-state index in [0.29, 0.717) is 5.57 Å². The van der Waals surface area contributed by atoms with Crippen molar-refractivity contribution in [2.75, 3.05) is 0 Å². The van der Waals surface area contributed by atoms with Crippen LogP contribution in [0.25, 0.3) is 0 Å². The Kier molecular flexibility index (Phi) is 2.12. The minimum absolute atomic E-state index is 0.0740. The Morgan fingerprint density at radius 1 is 1.29 bits per heavy atom. The molecule has 0 amide bonds. The predicted molar refractivity (Wildman–Crippen MR) is 53.6 cm³/mol. The highest BCUT2D eigenvalue weighted by molar-refractivity contribution is 5.90. The number of ether oxygens (including phenoxy) is 1. The van der Waals surface area contributed by atoms with Crippen molar-refractivity contribution >= 4 is 5.97 Å². The number of hydrogen-bond acceptors (Lipinski definition) is 2. The molecule has 14 heavy (non-hydrogen) atoms. The van der Waals surface area contributed by atoms with Gasteiger partial charge < -0.3 is 4.74 Å². The van der Waals surface area contributed by atoms with Gasteiger partial charge in [-0.05, 0) is 5.56 Å². The molecule has 2 nitrogen and oxygen atoms in total. The van der Waals surface area contributed by atoms with Gasteiger partial charge >= 0.3 is 5.97 Å². The Bertz CT molecular complexity index is 367. The zero-order valence-electron chi connectivity index (χ0n) is 8.07. The van der Waals surface area contributed by atoms with Gasteiger partial charge in [0.25, 0.3) is 0 Å². The lowest BCUT2D eigenvalue weighted by atomic mass is 9.94. The van der Waals surface area contributed by atoms with E-state index >= 15 is 0 Å². The summed E-state index contributed by atoms with van der Waals surface area (Å²) in [5.74, 6) is -0.198. The van der Waals surface area contributed by atoms with E-state index in [2.05, 4.69) is 6.58 Å². The highest BCUT2D eigenvalue weighted by atomic mass is 16.6. The third kappa shape index (κ3) is 1.33. The van der Waals surface area contributed by atoms with E-state index in [1.165, 1.54) is 0 Å². The van der Waals surface area contributed by atoms with E-state index in [0.717, 1.165) is 5.56 Å². The third-order valence-corrected chi connectivity index (χ3v) is 2.63. The molecular formula is C12H12O2. The molecule has 0 spiro atoms. The second kappa shape index (κ2) is 3.29. The van der Waals surface area contributed by atoms with E-state index in [4.69, 9.17) is 4.74 Å². The average molecular weight is 188 g/mol. The second-order valence-electron chi connectivity index (χ2n) is 3.55. The molecule has 72 valence electrons. The standard InChI is InChI=1S/C12H12O2/c1-8-9(2)12(13)14-11(8)10-6-4-3-5-7-10/h3-8,11H,2H2,1H3/t8?,11-/m1/s1. The molecule has 1 aliphatic rings. The normalized spacial score (nSPS) is 26.4. The summed E-state index contributed by atoms with van der Waals surface area (Å²) >= 11 is 0. The van der Waals surface area contributed by atoms with Crippen LogP contribution in [0.5, 0.6) is 0 Å². The molecule has 0 bridgehead atoms. The zero-order valence-corrected chi connectivity index (χ0v) is 8.07. The van der Waals surface area contributed by atoms with E-state index in [-0.39, 0.29) is 18.0 Å². The number of carbonyl (C=O) groups excluding carboxylic acids is 1. The summed E-state index contributed by atoms with van der Waals surface area (Å²) in [7, 11) is 0. The first-order valence-corrected chi connectivity index (χ1v) is 4.65. The van der Waals surface area contributed by atoms with Gasteiger partial charge in [0.05, 0.1) is 0 Å². The van der Waals surface area contributed by atoms with Crippen LogP contribution in [0.2, 0.25) is 0 Å². The molecule has 0 N–H and O–H groups in total. The fourth-order valence-electron chi connectivity index (χ4n) is 1.66. The number of hydrogen-bond donors (Lipinski definition) is 0. The molecule has 1 aliphatic heterocycles. The maximum Gasteiger partial charge on any atom is 0.334 e. The van der Waals surface area contributed by atoms with E-state index in [1.54, 1.807) is 0 Å². The number of cyclic esters (lactones) is 1. The Labute approximate surface area is 83.2 Å². The molecule has 0 saturated carbocycles. The van der Waals surface area contributed by atoms with Crippen LogP contribution in [0.1, 0.15) is 18.6 Å². The quantitative estimate of drug-likeness (QED) is 0.500. The van der Waals surface area contributed by atoms with Gasteiger partial charge in [-0.3, -0.25) is 0 Å². The lowest BCUT2D eigenvalue weighted by Gasteiger charge is -2.13. The van der Waals surface area contributed by atoms with Crippen molar-refractivity contribution in [2.24, 2.45) is 5.92 Å². The molecule has 2 atom stereocenters. The zero-order chi connectivity index (χ0) is 10.1. The van der Waals surface area contributed by atoms with Crippen molar-refractivity contribution in [3.63, 3.8) is 0 Å². The largest absolute Gasteiger partial charge is 0.453 e. The van der Waals surface area contributed by atoms with Crippen molar-refractivity contribution in [1.29, 1.82) is 0 Å². The fourth-order valence-corrected chi connectivity index (χ4v) is 1.66. The molecule has 0 aromatic heterocycles. The van der Waals surface area contributed by atoms with Gasteiger partial charge in [0, 0.05) is 11.5 Å². The van der Waals surface area contributed by atoms with Gasteiger partial charge in [-0.1, -0.05) is 43.8 Å². The molecule has 2 rings (SSSR count). The first-order chi connectivity index (χ1) is 6.70. The Hall–Kier alpha value is -1.57. The number of carbonyl (C=O) groups is 1. The summed E-state index contributed by atoms with van der Waals surface area (Å²) in [6.45, 7) is 5.68. The maximum absolute atomic E-state index is 11.2. The lowest BCUT2D eigenvalue weighted by Crippen LogP contribution is -2.03. The van der Waals surface area contributed by atoms with Crippen molar-refractivity contribution in [3.05, 3.63) is 48.0 Å². The Morgan fingerprint density at radius 3 is 2.43 bits per heavy atom. The van der Waals surface area contributed by atoms with Crippen LogP contribution in [0, 0.1) is 5.92 Å². The summed E-state index contributed by atoms with van der Waals surface area (Å²) in [6, 6.07) is 9.76. The van der Waals surface area contributed by atoms with Gasteiger partial charge in [0.15, 0.2) is 0 Å². The van der Waals surface area contributed by atoms with Gasteiger partial charge in [-0.2, -0.15) is 0 Å². The number of benzene rings is 1. The predicted octanol–water partition coefficient (Wildman–Crippen LogP) is 2.48. The minimum atomic E-state index is -0.272. The van der Waals surface area contributed by atoms with Crippen LogP contribution in [0.3, 0.4) is 0 Å². The second-order valence-corrected chi connectivity index (χ2v) is 3.55. The van der Waals surface area contributed by atoms with Crippen molar-refractivity contribution in [1.82, 2.24) is 0 Å². The van der Waals surface area contributed by atoms with E-state index in [1.807, 2.05) is 37.3 Å². The summed E-state index contributed by atoms with van der Waals surface area (Å²) < 4.78 is 5.23. The van der Waals surface area contributed by atoms with E-state index < -0.39 is 0 Å². The number of esters is 1. The van der Waals surface area contributed by atoms with Crippen molar-refractivity contribution < 1.29 is 9.53 Å². The maximum atomic E-state index is 11.2. The first kappa shape index (κ1) is 9.00. The molecular weight excluding hydrogens is 176 g/mol. The average Bonchev–Trinajstić information content (AvgIpc) is 2.47. The van der Waals surface area contributed by atoms with E-state index in [9.17, 15) is 4.79 Å². The minimum Gasteiger partial charge on any atom is -0.453 e. The molecule has 0 aliphatic carbocycles. The molecule has 0 radical (unpaired) electrons. The lowest BCUT2D eigenvalue weighted by molar-refractivity contribution is -0.139. The van der Waals surface area contributed by atoms with Crippen LogP contribution in [0.15, 0.2) is 42.5 Å². The monoisotopic (exact) mass is 188 g/mol. The topological polar surface area (TPSA) is 26.3 Å². The number of rotatable bonds is 1. The summed E-state index contributed by atoms with van der Waals surface area (Å²) in [5.41, 5.74) is 1.60. The van der Waals surface area contributed by atoms with Crippen molar-refractivity contribution in [2.45, 2.75) is 13.0 Å². The van der Waals surface area contributed by atoms with Crippen molar-refractivity contribution in [3.8, 4) is 0 Å². The summed E-state index contributed by atoms with van der Waals surface area (Å²) in [4.78, 5) is 11.2. The van der Waals surface area contributed by atoms with Gasteiger partial charge in [0.2, 0.25) is 0 Å². The van der Waals surface area contributed by atoms with Gasteiger partial charge in [-0.15, -0.1) is 0 Å². The summed E-state index contributed by atoms with van der Waals surface area (Å²) in [6.07, 6.45) is -0.156. The Balaban J connectivity index is 2.30. The van der Waals surface area contributed by atoms with Crippen LogP contribution in [-0.4, -0.2) is 5.97 Å². The third-order valence-electron chi connectivity index (χ3n) is 2.63. The highest BCUT2D eigenvalue weighted by Gasteiger charge is 2.35. The molecule has 2 heteroatoms. The smallest absolute Gasteiger partial charge is 0.334 e. The van der Waals surface area contributed by atoms with Gasteiger partial charge in [-0.25, -0.2) is 4.79 Å². The first-order valence-electron chi connectivity index (χ1n) is 4.65. The molecule has 1 saturated heterocycles.